The van der Waals surface area contributed by atoms with E-state index < -0.39 is 10.8 Å². The Labute approximate surface area is 163 Å². The van der Waals surface area contributed by atoms with Gasteiger partial charge in [-0.05, 0) is 29.0 Å². The van der Waals surface area contributed by atoms with Crippen molar-refractivity contribution in [1.82, 2.24) is 4.98 Å². The summed E-state index contributed by atoms with van der Waals surface area (Å²) in [5, 5.41) is 33.7. The van der Waals surface area contributed by atoms with Gasteiger partial charge in [-0.2, -0.15) is 0 Å². The minimum atomic E-state index is -0.558. The highest BCUT2D eigenvalue weighted by molar-refractivity contribution is 5.96. The maximum atomic E-state index is 12.1. The van der Waals surface area contributed by atoms with Crippen molar-refractivity contribution in [1.29, 1.82) is 0 Å². The van der Waals surface area contributed by atoms with Crippen LogP contribution in [0.25, 0.3) is 21.7 Å². The molecule has 0 fully saturated rings. The average molecular weight is 389 g/mol. The molecule has 29 heavy (non-hydrogen) atoms. The summed E-state index contributed by atoms with van der Waals surface area (Å²) >= 11 is 0. The Bertz CT molecular complexity index is 1280. The lowest BCUT2D eigenvalue weighted by atomic mass is 10.1. The first-order chi connectivity index (χ1) is 14.0. The van der Waals surface area contributed by atoms with Gasteiger partial charge in [-0.1, -0.05) is 30.3 Å². The zero-order chi connectivity index (χ0) is 20.4. The molecule has 0 spiro atoms. The number of nitrogens with zero attached hydrogens (tertiary/aromatic N) is 3. The lowest BCUT2D eigenvalue weighted by Gasteiger charge is -2.05. The fourth-order valence-corrected chi connectivity index (χ4v) is 2.98. The fraction of sp³-hybridized carbons (Fsp3) is 0.0500. The zero-order valence-corrected chi connectivity index (χ0v) is 15.0. The van der Waals surface area contributed by atoms with Gasteiger partial charge in [-0.15, -0.1) is 10.2 Å². The summed E-state index contributed by atoms with van der Waals surface area (Å²) < 4.78 is 0. The van der Waals surface area contributed by atoms with E-state index in [2.05, 4.69) is 20.5 Å². The van der Waals surface area contributed by atoms with Crippen LogP contribution < -0.4 is 5.32 Å². The van der Waals surface area contributed by atoms with Crippen LogP contribution >= 0.6 is 0 Å². The number of aromatic nitrogens is 1. The summed E-state index contributed by atoms with van der Waals surface area (Å²) in [5.41, 5.74) is 1.03. The molecule has 1 heterocycles. The van der Waals surface area contributed by atoms with Crippen molar-refractivity contribution in [2.45, 2.75) is 0 Å². The van der Waals surface area contributed by atoms with E-state index in [1.54, 1.807) is 0 Å². The topological polar surface area (TPSA) is 133 Å². The number of hydrogen-bond donors (Lipinski definition) is 3. The Hall–Kier alpha value is -4.27. The van der Waals surface area contributed by atoms with Gasteiger partial charge in [0, 0.05) is 23.2 Å². The molecule has 0 aliphatic heterocycles. The summed E-state index contributed by atoms with van der Waals surface area (Å²) in [6.07, 6.45) is 0. The monoisotopic (exact) mass is 389 g/mol. The van der Waals surface area contributed by atoms with Gasteiger partial charge in [0.25, 0.3) is 11.6 Å². The molecule has 0 radical (unpaired) electrons. The molecule has 4 aromatic rings. The van der Waals surface area contributed by atoms with Crippen molar-refractivity contribution < 1.29 is 14.8 Å². The third-order valence-electron chi connectivity index (χ3n) is 4.40. The van der Waals surface area contributed by atoms with E-state index in [0.717, 1.165) is 16.5 Å². The minimum absolute atomic E-state index is 0.0252. The number of carbonyl (C=O) groups is 1. The minimum Gasteiger partial charge on any atom is -0.493 e. The summed E-state index contributed by atoms with van der Waals surface area (Å²) in [5.74, 6) is -0.878. The van der Waals surface area contributed by atoms with Gasteiger partial charge >= 0.3 is 0 Å². The van der Waals surface area contributed by atoms with Gasteiger partial charge in [0.05, 0.1) is 17.0 Å². The molecular weight excluding hydrogens is 374 g/mol. The van der Waals surface area contributed by atoms with Crippen molar-refractivity contribution in [2.24, 2.45) is 10.2 Å². The lowest BCUT2D eigenvalue weighted by Crippen LogP contribution is -2.10. The molecule has 4 rings (SSSR count). The highest BCUT2D eigenvalue weighted by atomic mass is 16.6. The van der Waals surface area contributed by atoms with Crippen LogP contribution in [0.3, 0.4) is 0 Å². The molecule has 3 aromatic carbocycles. The number of fused-ring (bicyclic) bond motifs is 2. The molecule has 144 valence electrons. The van der Waals surface area contributed by atoms with Gasteiger partial charge in [-0.25, -0.2) is 0 Å². The number of hydrogen-bond acceptors (Lipinski definition) is 6. The second-order valence-electron chi connectivity index (χ2n) is 6.32. The molecular formula is C20H15N5O4. The van der Waals surface area contributed by atoms with Crippen molar-refractivity contribution in [3.05, 3.63) is 70.8 Å². The molecule has 3 N–H and O–H groups in total. The number of nitro groups is 1. The Morgan fingerprint density at radius 1 is 1.10 bits per heavy atom. The van der Waals surface area contributed by atoms with Gasteiger partial charge in [0.1, 0.15) is 0 Å². The molecule has 0 aliphatic carbocycles. The number of anilines is 1. The van der Waals surface area contributed by atoms with Crippen molar-refractivity contribution in [3.8, 4) is 5.88 Å². The van der Waals surface area contributed by atoms with E-state index in [-0.39, 0.29) is 23.8 Å². The molecule has 0 atom stereocenters. The maximum absolute atomic E-state index is 12.1. The zero-order valence-electron chi connectivity index (χ0n) is 15.0. The average Bonchev–Trinajstić information content (AvgIpc) is 3.04. The summed E-state index contributed by atoms with van der Waals surface area (Å²) in [4.78, 5) is 25.1. The molecule has 1 aromatic heterocycles. The maximum Gasteiger partial charge on any atom is 0.283 e. The Morgan fingerprint density at radius 2 is 1.90 bits per heavy atom. The number of non-ortho nitro benzene ring substituents is 1. The first-order valence-corrected chi connectivity index (χ1v) is 8.67. The number of amides is 1. The first-order valence-electron chi connectivity index (χ1n) is 8.67. The van der Waals surface area contributed by atoms with Gasteiger partial charge in [0.15, 0.2) is 5.69 Å². The van der Waals surface area contributed by atoms with Crippen LogP contribution in [-0.2, 0) is 4.79 Å². The van der Waals surface area contributed by atoms with Crippen LogP contribution in [0.1, 0.15) is 0 Å². The number of rotatable bonds is 5. The molecule has 0 unspecified atom stereocenters. The number of nitro benzene ring substituents is 1. The van der Waals surface area contributed by atoms with Gasteiger partial charge < -0.3 is 15.4 Å². The third-order valence-corrected chi connectivity index (χ3v) is 4.40. The summed E-state index contributed by atoms with van der Waals surface area (Å²) in [6, 6.07) is 17.6. The third kappa shape index (κ3) is 3.74. The van der Waals surface area contributed by atoms with Crippen LogP contribution in [-0.4, -0.2) is 27.5 Å². The molecule has 9 heteroatoms. The predicted molar refractivity (Wildman–Crippen MR) is 109 cm³/mol. The molecule has 9 nitrogen and oxygen atoms in total. The SMILES string of the molecule is O=C(CNc1ccc2ccccc2c1)N=Nc1c(O)[nH]c2ccc([N+](=O)[O-])cc12. The van der Waals surface area contributed by atoms with Crippen molar-refractivity contribution in [3.63, 3.8) is 0 Å². The summed E-state index contributed by atoms with van der Waals surface area (Å²) in [6.45, 7) is -0.0922. The summed E-state index contributed by atoms with van der Waals surface area (Å²) in [7, 11) is 0. The lowest BCUT2D eigenvalue weighted by molar-refractivity contribution is -0.384. The first kappa shape index (κ1) is 18.1. The van der Waals surface area contributed by atoms with E-state index in [0.29, 0.717) is 10.9 Å². The molecule has 0 saturated heterocycles. The quantitative estimate of drug-likeness (QED) is 0.259. The number of benzene rings is 3. The Morgan fingerprint density at radius 3 is 2.69 bits per heavy atom. The number of nitrogens with one attached hydrogen (secondary N) is 2. The normalized spacial score (nSPS) is 11.3. The molecule has 0 bridgehead atoms. The van der Waals surface area contributed by atoms with Gasteiger partial charge in [-0.3, -0.25) is 14.9 Å². The van der Waals surface area contributed by atoms with Crippen LogP contribution in [0.15, 0.2) is 70.9 Å². The van der Waals surface area contributed by atoms with E-state index in [1.165, 1.54) is 18.2 Å². The number of aromatic hydroxyl groups is 1. The number of H-pyrrole nitrogens is 1. The number of azo groups is 1. The van der Waals surface area contributed by atoms with Crippen molar-refractivity contribution in [2.75, 3.05) is 11.9 Å². The van der Waals surface area contributed by atoms with Crippen LogP contribution in [0.5, 0.6) is 5.88 Å². The smallest absolute Gasteiger partial charge is 0.283 e. The number of aromatic amines is 1. The highest BCUT2D eigenvalue weighted by Gasteiger charge is 2.15. The Balaban J connectivity index is 1.49. The van der Waals surface area contributed by atoms with Crippen LogP contribution in [0, 0.1) is 10.1 Å². The molecule has 1 amide bonds. The van der Waals surface area contributed by atoms with E-state index in [1.807, 2.05) is 42.5 Å². The second-order valence-corrected chi connectivity index (χ2v) is 6.32. The highest BCUT2D eigenvalue weighted by Crippen LogP contribution is 2.37. The second kappa shape index (κ2) is 7.39. The van der Waals surface area contributed by atoms with E-state index in [9.17, 15) is 20.0 Å². The van der Waals surface area contributed by atoms with E-state index >= 15 is 0 Å². The molecule has 0 saturated carbocycles. The Kier molecular flexibility index (Phi) is 4.62. The number of carbonyl (C=O) groups excluding carboxylic acids is 1. The van der Waals surface area contributed by atoms with E-state index in [4.69, 9.17) is 0 Å². The predicted octanol–water partition coefficient (Wildman–Crippen LogP) is 4.66. The standard InChI is InChI=1S/C20H15N5O4/c26-18(11-21-14-6-5-12-3-1-2-4-13(12)9-14)23-24-19-16-10-15(25(28)29)7-8-17(16)22-20(19)27/h1-10,21-22,27H,11H2. The van der Waals surface area contributed by atoms with Crippen molar-refractivity contribution >= 4 is 44.6 Å². The fourth-order valence-electron chi connectivity index (χ4n) is 2.98. The van der Waals surface area contributed by atoms with Crippen LogP contribution in [0.4, 0.5) is 17.1 Å². The molecule has 0 aliphatic rings. The van der Waals surface area contributed by atoms with Gasteiger partial charge in [0.2, 0.25) is 5.88 Å². The largest absolute Gasteiger partial charge is 0.493 e. The van der Waals surface area contributed by atoms with Crippen LogP contribution in [0.2, 0.25) is 0 Å².